The third-order valence-corrected chi connectivity index (χ3v) is 4.86. The minimum atomic E-state index is -0.224. The van der Waals surface area contributed by atoms with Crippen molar-refractivity contribution >= 4 is 40.9 Å². The predicted octanol–water partition coefficient (Wildman–Crippen LogP) is 3.76. The van der Waals surface area contributed by atoms with Crippen molar-refractivity contribution in [2.45, 2.75) is 11.8 Å². The summed E-state index contributed by atoms with van der Waals surface area (Å²) in [6.07, 6.45) is 0. The Hall–Kier alpha value is -2.02. The molecule has 0 aromatic heterocycles. The van der Waals surface area contributed by atoms with Crippen LogP contribution in [-0.2, 0) is 9.53 Å². The van der Waals surface area contributed by atoms with Crippen LogP contribution in [0, 0.1) is 6.92 Å². The Morgan fingerprint density at radius 3 is 2.69 bits per heavy atom. The van der Waals surface area contributed by atoms with Gasteiger partial charge in [-0.2, -0.15) is 0 Å². The van der Waals surface area contributed by atoms with Gasteiger partial charge in [-0.15, -0.1) is 11.8 Å². The van der Waals surface area contributed by atoms with E-state index in [1.54, 1.807) is 37.4 Å². The van der Waals surface area contributed by atoms with Gasteiger partial charge in [0.2, 0.25) is 5.91 Å². The van der Waals surface area contributed by atoms with Gasteiger partial charge in [0.1, 0.15) is 0 Å². The number of thioether (sulfide) groups is 1. The topological polar surface area (TPSA) is 67.4 Å². The molecule has 0 saturated carbocycles. The Labute approximate surface area is 162 Å². The number of halogens is 1. The van der Waals surface area contributed by atoms with E-state index >= 15 is 0 Å². The largest absolute Gasteiger partial charge is 0.383 e. The highest BCUT2D eigenvalue weighted by Crippen LogP contribution is 2.25. The van der Waals surface area contributed by atoms with Gasteiger partial charge in [0.25, 0.3) is 5.91 Å². The van der Waals surface area contributed by atoms with Crippen LogP contribution in [0.3, 0.4) is 0 Å². The second kappa shape index (κ2) is 10.2. The molecule has 2 N–H and O–H groups in total. The lowest BCUT2D eigenvalue weighted by atomic mass is 10.1. The molecule has 2 aromatic rings. The fourth-order valence-corrected chi connectivity index (χ4v) is 3.33. The number of methoxy groups -OCH3 is 1. The van der Waals surface area contributed by atoms with E-state index in [0.29, 0.717) is 29.4 Å². The van der Waals surface area contributed by atoms with E-state index in [9.17, 15) is 9.59 Å². The third kappa shape index (κ3) is 6.05. The first-order valence-corrected chi connectivity index (χ1v) is 9.42. The van der Waals surface area contributed by atoms with Crippen molar-refractivity contribution in [2.24, 2.45) is 0 Å². The summed E-state index contributed by atoms with van der Waals surface area (Å²) < 4.78 is 4.90. The summed E-state index contributed by atoms with van der Waals surface area (Å²) in [7, 11) is 1.58. The number of ether oxygens (including phenoxy) is 1. The van der Waals surface area contributed by atoms with E-state index in [4.69, 9.17) is 16.3 Å². The zero-order chi connectivity index (χ0) is 18.9. The molecule has 5 nitrogen and oxygen atoms in total. The lowest BCUT2D eigenvalue weighted by molar-refractivity contribution is -0.118. The first-order valence-electron chi connectivity index (χ1n) is 8.06. The van der Waals surface area contributed by atoms with Gasteiger partial charge in [0, 0.05) is 29.3 Å². The van der Waals surface area contributed by atoms with Gasteiger partial charge in [-0.25, -0.2) is 0 Å². The standard InChI is InChI=1S/C19H21ClN2O3S/c1-13-11-14(20)7-8-16(13)22-19(24)15-5-3-4-6-17(15)26-12-18(23)21-9-10-25-2/h3-8,11H,9-10,12H2,1-2H3,(H,21,23)(H,22,24). The van der Waals surface area contributed by atoms with Crippen LogP contribution in [0.4, 0.5) is 5.69 Å². The number of carbonyl (C=O) groups is 2. The van der Waals surface area contributed by atoms with Crippen LogP contribution in [0.2, 0.25) is 5.02 Å². The van der Waals surface area contributed by atoms with Crippen LogP contribution in [0.25, 0.3) is 0 Å². The van der Waals surface area contributed by atoms with E-state index in [-0.39, 0.29) is 17.6 Å². The third-order valence-electron chi connectivity index (χ3n) is 3.56. The lowest BCUT2D eigenvalue weighted by Gasteiger charge is -2.12. The fraction of sp³-hybridized carbons (Fsp3) is 0.263. The van der Waals surface area contributed by atoms with Gasteiger partial charge in [0.15, 0.2) is 0 Å². The number of rotatable bonds is 8. The highest BCUT2D eigenvalue weighted by molar-refractivity contribution is 8.00. The number of hydrogen-bond acceptors (Lipinski definition) is 4. The van der Waals surface area contributed by atoms with Crippen molar-refractivity contribution in [3.05, 3.63) is 58.6 Å². The molecule has 0 heterocycles. The molecule has 0 aliphatic rings. The van der Waals surface area contributed by atoms with Gasteiger partial charge in [-0.3, -0.25) is 9.59 Å². The molecule has 138 valence electrons. The van der Waals surface area contributed by atoms with E-state index in [1.807, 2.05) is 19.1 Å². The van der Waals surface area contributed by atoms with E-state index in [2.05, 4.69) is 10.6 Å². The predicted molar refractivity (Wildman–Crippen MR) is 106 cm³/mol. The summed E-state index contributed by atoms with van der Waals surface area (Å²) in [4.78, 5) is 25.2. The van der Waals surface area contributed by atoms with Gasteiger partial charge in [-0.05, 0) is 42.8 Å². The molecule has 0 fully saturated rings. The SMILES string of the molecule is COCCNC(=O)CSc1ccccc1C(=O)Nc1ccc(Cl)cc1C. The molecule has 2 amide bonds. The smallest absolute Gasteiger partial charge is 0.256 e. The zero-order valence-electron chi connectivity index (χ0n) is 14.7. The van der Waals surface area contributed by atoms with Gasteiger partial charge in [0.05, 0.1) is 17.9 Å². The summed E-state index contributed by atoms with van der Waals surface area (Å²) in [5.41, 5.74) is 2.11. The Balaban J connectivity index is 2.03. The first kappa shape index (κ1) is 20.3. The molecule has 0 unspecified atom stereocenters. The molecule has 26 heavy (non-hydrogen) atoms. The van der Waals surface area contributed by atoms with Crippen LogP contribution >= 0.6 is 23.4 Å². The Bertz CT molecular complexity index is 783. The number of anilines is 1. The van der Waals surface area contributed by atoms with E-state index < -0.39 is 0 Å². The average molecular weight is 393 g/mol. The Morgan fingerprint density at radius 2 is 1.96 bits per heavy atom. The second-order valence-electron chi connectivity index (χ2n) is 5.54. The number of carbonyl (C=O) groups excluding carboxylic acids is 2. The molecule has 7 heteroatoms. The highest BCUT2D eigenvalue weighted by Gasteiger charge is 2.14. The van der Waals surface area contributed by atoms with Crippen LogP contribution < -0.4 is 10.6 Å². The number of benzene rings is 2. The Morgan fingerprint density at radius 1 is 1.19 bits per heavy atom. The maximum atomic E-state index is 12.7. The number of nitrogens with one attached hydrogen (secondary N) is 2. The molecule has 2 rings (SSSR count). The molecule has 0 radical (unpaired) electrons. The van der Waals surface area contributed by atoms with Crippen LogP contribution in [0.5, 0.6) is 0 Å². The van der Waals surface area contributed by atoms with Crippen molar-refractivity contribution in [1.82, 2.24) is 5.32 Å². The van der Waals surface area contributed by atoms with Gasteiger partial charge >= 0.3 is 0 Å². The molecule has 0 aliphatic carbocycles. The zero-order valence-corrected chi connectivity index (χ0v) is 16.2. The number of amides is 2. The molecular weight excluding hydrogens is 372 g/mol. The van der Waals surface area contributed by atoms with E-state index in [1.165, 1.54) is 11.8 Å². The normalized spacial score (nSPS) is 10.4. The maximum absolute atomic E-state index is 12.7. The molecule has 0 aliphatic heterocycles. The monoisotopic (exact) mass is 392 g/mol. The summed E-state index contributed by atoms with van der Waals surface area (Å²) in [5.74, 6) is -0.0947. The minimum absolute atomic E-state index is 0.101. The van der Waals surface area contributed by atoms with Crippen LogP contribution in [0.1, 0.15) is 15.9 Å². The number of aryl methyl sites for hydroxylation is 1. The van der Waals surface area contributed by atoms with Crippen molar-refractivity contribution in [3.63, 3.8) is 0 Å². The van der Waals surface area contributed by atoms with Crippen molar-refractivity contribution in [1.29, 1.82) is 0 Å². The summed E-state index contributed by atoms with van der Waals surface area (Å²) in [6, 6.07) is 12.5. The van der Waals surface area contributed by atoms with Gasteiger partial charge in [-0.1, -0.05) is 23.7 Å². The molecular formula is C19H21ClN2O3S. The van der Waals surface area contributed by atoms with Crippen molar-refractivity contribution < 1.29 is 14.3 Å². The molecule has 0 saturated heterocycles. The summed E-state index contributed by atoms with van der Waals surface area (Å²) in [6.45, 7) is 2.82. The quantitative estimate of drug-likeness (QED) is 0.530. The lowest BCUT2D eigenvalue weighted by Crippen LogP contribution is -2.28. The first-order chi connectivity index (χ1) is 12.5. The van der Waals surface area contributed by atoms with Crippen molar-refractivity contribution in [3.8, 4) is 0 Å². The van der Waals surface area contributed by atoms with E-state index in [0.717, 1.165) is 10.5 Å². The maximum Gasteiger partial charge on any atom is 0.256 e. The molecule has 2 aromatic carbocycles. The van der Waals surface area contributed by atoms with Gasteiger partial charge < -0.3 is 15.4 Å². The fourth-order valence-electron chi connectivity index (χ4n) is 2.22. The Kier molecular flexibility index (Phi) is 7.97. The average Bonchev–Trinajstić information content (AvgIpc) is 2.62. The van der Waals surface area contributed by atoms with Crippen LogP contribution in [-0.4, -0.2) is 37.8 Å². The minimum Gasteiger partial charge on any atom is -0.383 e. The number of hydrogen-bond donors (Lipinski definition) is 2. The molecule has 0 bridgehead atoms. The summed E-state index contributed by atoms with van der Waals surface area (Å²) in [5, 5.41) is 6.27. The summed E-state index contributed by atoms with van der Waals surface area (Å²) >= 11 is 7.27. The second-order valence-corrected chi connectivity index (χ2v) is 6.99. The molecule has 0 atom stereocenters. The van der Waals surface area contributed by atoms with Crippen molar-refractivity contribution in [2.75, 3.05) is 31.3 Å². The molecule has 0 spiro atoms. The van der Waals surface area contributed by atoms with Crippen LogP contribution in [0.15, 0.2) is 47.4 Å². The highest BCUT2D eigenvalue weighted by atomic mass is 35.5.